The van der Waals surface area contributed by atoms with Crippen LogP contribution in [-0.4, -0.2) is 59.2 Å². The second-order valence-corrected chi connectivity index (χ2v) is 7.67. The first-order chi connectivity index (χ1) is 17.5. The van der Waals surface area contributed by atoms with E-state index in [0.29, 0.717) is 18.5 Å². The summed E-state index contributed by atoms with van der Waals surface area (Å²) in [6.45, 7) is 0.569. The zero-order valence-electron chi connectivity index (χ0n) is 19.7. The molecule has 1 aromatic carbocycles. The number of alkyl carbamates (subject to hydrolysis) is 1. The average molecular weight is 497 g/mol. The van der Waals surface area contributed by atoms with E-state index in [0.717, 1.165) is 11.0 Å². The number of aromatic nitrogens is 3. The third kappa shape index (κ3) is 7.81. The molecular weight excluding hydrogens is 468 g/mol. The minimum Gasteiger partial charge on any atom is -0.447 e. The lowest BCUT2D eigenvalue weighted by atomic mass is 10.1. The van der Waals surface area contributed by atoms with Crippen LogP contribution in [0.4, 0.5) is 10.5 Å². The van der Waals surface area contributed by atoms with E-state index in [1.807, 2.05) is 24.3 Å². The molecule has 12 heteroatoms. The number of carbonyl (C=O) groups is 3. The highest BCUT2D eigenvalue weighted by Gasteiger charge is 2.11. The second-order valence-electron chi connectivity index (χ2n) is 7.67. The van der Waals surface area contributed by atoms with Crippen molar-refractivity contribution in [1.29, 1.82) is 0 Å². The number of methoxy groups -OCH3 is 1. The number of hydrogen-bond acceptors (Lipinski definition) is 8. The third-order valence-electron chi connectivity index (χ3n) is 5.00. The van der Waals surface area contributed by atoms with Crippen LogP contribution in [0.3, 0.4) is 0 Å². The minimum atomic E-state index is -0.750. The van der Waals surface area contributed by atoms with Gasteiger partial charge in [-0.05, 0) is 37.1 Å². The number of pyridine rings is 1. The largest absolute Gasteiger partial charge is 0.447 e. The van der Waals surface area contributed by atoms with E-state index in [1.54, 1.807) is 24.4 Å². The second kappa shape index (κ2) is 13.4. The van der Waals surface area contributed by atoms with Gasteiger partial charge in [0.25, 0.3) is 11.5 Å². The molecule has 36 heavy (non-hydrogen) atoms. The predicted molar refractivity (Wildman–Crippen MR) is 132 cm³/mol. The number of H-pyrrole nitrogens is 1. The number of nitrogens with zero attached hydrogens (tertiary/aromatic N) is 2. The Hall–Kier alpha value is -4.45. The molecule has 2 heterocycles. The number of aldehydes is 1. The van der Waals surface area contributed by atoms with E-state index in [4.69, 9.17) is 9.47 Å². The van der Waals surface area contributed by atoms with Crippen LogP contribution in [0.15, 0.2) is 59.5 Å². The molecule has 0 spiro atoms. The molecule has 12 nitrogen and oxygen atoms in total. The van der Waals surface area contributed by atoms with Crippen LogP contribution < -0.4 is 21.7 Å². The number of hydrogen-bond donors (Lipinski definition) is 4. The van der Waals surface area contributed by atoms with Crippen LogP contribution in [0.25, 0.3) is 11.0 Å². The quantitative estimate of drug-likeness (QED) is 0.120. The molecule has 0 aliphatic carbocycles. The van der Waals surface area contributed by atoms with Crippen LogP contribution >= 0.6 is 0 Å². The van der Waals surface area contributed by atoms with Crippen LogP contribution in [-0.2, 0) is 25.6 Å². The van der Waals surface area contributed by atoms with E-state index in [1.165, 1.54) is 17.8 Å². The highest BCUT2D eigenvalue weighted by molar-refractivity contribution is 5.88. The number of anilines is 1. The van der Waals surface area contributed by atoms with Gasteiger partial charge < -0.3 is 29.1 Å². The molecule has 2 aromatic heterocycles. The summed E-state index contributed by atoms with van der Waals surface area (Å²) in [7, 11) is 1.48. The molecule has 0 radical (unpaired) electrons. The Morgan fingerprint density at radius 3 is 2.81 bits per heavy atom. The number of nitrogens with one attached hydrogen (secondary N) is 4. The van der Waals surface area contributed by atoms with Gasteiger partial charge in [0.1, 0.15) is 24.4 Å². The van der Waals surface area contributed by atoms with E-state index >= 15 is 0 Å². The number of rotatable bonds is 13. The van der Waals surface area contributed by atoms with Crippen molar-refractivity contribution >= 4 is 35.0 Å². The van der Waals surface area contributed by atoms with Gasteiger partial charge in [-0.1, -0.05) is 18.2 Å². The molecule has 0 fully saturated rings. The summed E-state index contributed by atoms with van der Waals surface area (Å²) in [5.41, 5.74) is 6.60. The summed E-state index contributed by atoms with van der Waals surface area (Å²) in [5.74, 6) is 0.144. The van der Waals surface area contributed by atoms with Crippen molar-refractivity contribution in [2.45, 2.75) is 25.4 Å². The van der Waals surface area contributed by atoms with Gasteiger partial charge in [-0.2, -0.15) is 0 Å². The molecule has 0 bridgehead atoms. The van der Waals surface area contributed by atoms with Crippen LogP contribution in [0.5, 0.6) is 0 Å². The lowest BCUT2D eigenvalue weighted by molar-refractivity contribution is -0.116. The summed E-state index contributed by atoms with van der Waals surface area (Å²) >= 11 is 0. The Morgan fingerprint density at radius 1 is 1.19 bits per heavy atom. The minimum absolute atomic E-state index is 0.0768. The number of imidazole rings is 1. The summed E-state index contributed by atoms with van der Waals surface area (Å²) in [5, 5.41) is 2.42. The maximum atomic E-state index is 12.7. The van der Waals surface area contributed by atoms with Crippen LogP contribution in [0, 0.1) is 0 Å². The van der Waals surface area contributed by atoms with E-state index < -0.39 is 18.0 Å². The highest BCUT2D eigenvalue weighted by atomic mass is 16.6. The van der Waals surface area contributed by atoms with Crippen LogP contribution in [0.2, 0.25) is 0 Å². The van der Waals surface area contributed by atoms with Crippen molar-refractivity contribution in [3.63, 3.8) is 0 Å². The first kappa shape index (κ1) is 26.2. The number of carbonyl (C=O) groups excluding carboxylic acids is 3. The number of allylic oxidation sites excluding steroid dienone is 1. The molecule has 4 N–H and O–H groups in total. The summed E-state index contributed by atoms with van der Waals surface area (Å²) in [6, 6.07) is 10.1. The zero-order valence-corrected chi connectivity index (χ0v) is 19.7. The Morgan fingerprint density at radius 2 is 2.03 bits per heavy atom. The van der Waals surface area contributed by atoms with E-state index in [-0.39, 0.29) is 37.4 Å². The van der Waals surface area contributed by atoms with Gasteiger partial charge in [-0.15, -0.1) is 0 Å². The molecule has 3 aromatic rings. The lowest BCUT2D eigenvalue weighted by Crippen LogP contribution is -2.36. The Kier molecular flexibility index (Phi) is 9.77. The number of amides is 2. The Balaban J connectivity index is 1.45. The van der Waals surface area contributed by atoms with Gasteiger partial charge in [0.15, 0.2) is 0 Å². The molecule has 0 saturated carbocycles. The first-order valence-electron chi connectivity index (χ1n) is 11.2. The zero-order chi connectivity index (χ0) is 25.8. The monoisotopic (exact) mass is 496 g/mol. The molecule has 0 aliphatic heterocycles. The molecule has 190 valence electrons. The fourth-order valence-electron chi connectivity index (χ4n) is 3.22. The van der Waals surface area contributed by atoms with E-state index in [9.17, 15) is 19.2 Å². The van der Waals surface area contributed by atoms with E-state index in [2.05, 4.69) is 26.1 Å². The SMILES string of the molecule is COCCOC(=O)NC(C=O)CCC=CC(=O)NNc1cccn(Cc2nc3ccccc3[nH]2)c1=O. The highest BCUT2D eigenvalue weighted by Crippen LogP contribution is 2.11. The van der Waals surface area contributed by atoms with Gasteiger partial charge in [0.2, 0.25) is 0 Å². The molecule has 1 unspecified atom stereocenters. The smallest absolute Gasteiger partial charge is 0.407 e. The topological polar surface area (TPSA) is 156 Å². The van der Waals surface area contributed by atoms with Crippen molar-refractivity contribution in [3.8, 4) is 0 Å². The number of hydrazine groups is 1. The molecule has 0 saturated heterocycles. The number of fused-ring (bicyclic) bond motifs is 1. The normalized spacial score (nSPS) is 11.8. The number of para-hydroxylation sites is 2. The van der Waals surface area contributed by atoms with Gasteiger partial charge in [0.05, 0.1) is 30.2 Å². The number of benzene rings is 1. The van der Waals surface area contributed by atoms with Gasteiger partial charge in [0, 0.05) is 19.4 Å². The standard InChI is InChI=1S/C24H28N6O6/c1-35-13-14-36-24(34)25-17(16-31)7-2-5-11-22(32)29-28-20-10-6-12-30(23(20)33)15-21-26-18-8-3-4-9-19(18)27-21/h3-6,8-12,16-17,28H,2,7,13-15H2,1H3,(H,25,34)(H,26,27)(H,29,32). The molecule has 0 aliphatic rings. The predicted octanol–water partition coefficient (Wildman–Crippen LogP) is 1.49. The number of ether oxygens (including phenoxy) is 2. The third-order valence-corrected chi connectivity index (χ3v) is 5.00. The average Bonchev–Trinajstić information content (AvgIpc) is 3.29. The Labute approximate surface area is 206 Å². The summed E-state index contributed by atoms with van der Waals surface area (Å²) < 4.78 is 11.1. The van der Waals surface area contributed by atoms with Crippen molar-refractivity contribution in [1.82, 2.24) is 25.3 Å². The maximum Gasteiger partial charge on any atom is 0.407 e. The Bertz CT molecular complexity index is 1230. The van der Waals surface area contributed by atoms with Crippen molar-refractivity contribution in [2.75, 3.05) is 25.7 Å². The number of aromatic amines is 1. The van der Waals surface area contributed by atoms with Crippen molar-refractivity contribution in [2.24, 2.45) is 0 Å². The van der Waals surface area contributed by atoms with Gasteiger partial charge in [-0.3, -0.25) is 20.4 Å². The maximum absolute atomic E-state index is 12.7. The molecule has 3 rings (SSSR count). The van der Waals surface area contributed by atoms with Gasteiger partial charge in [-0.25, -0.2) is 9.78 Å². The first-order valence-corrected chi connectivity index (χ1v) is 11.2. The summed E-state index contributed by atoms with van der Waals surface area (Å²) in [6.07, 6.45) is 4.96. The van der Waals surface area contributed by atoms with Gasteiger partial charge >= 0.3 is 6.09 Å². The molecule has 1 atom stereocenters. The molecular formula is C24H28N6O6. The van der Waals surface area contributed by atoms with Crippen molar-refractivity contribution in [3.05, 3.63) is 70.9 Å². The fraction of sp³-hybridized carbons (Fsp3) is 0.292. The lowest BCUT2D eigenvalue weighted by Gasteiger charge is -2.11. The summed E-state index contributed by atoms with van der Waals surface area (Å²) in [4.78, 5) is 55.2. The van der Waals surface area contributed by atoms with Crippen LogP contribution in [0.1, 0.15) is 18.7 Å². The van der Waals surface area contributed by atoms with Crippen molar-refractivity contribution < 1.29 is 23.9 Å². The molecule has 2 amide bonds. The fourth-order valence-corrected chi connectivity index (χ4v) is 3.22.